The molecule has 0 N–H and O–H groups in total. The Morgan fingerprint density at radius 3 is 2.50 bits per heavy atom. The van der Waals surface area contributed by atoms with Crippen molar-refractivity contribution >= 4 is 17.4 Å². The van der Waals surface area contributed by atoms with Crippen molar-refractivity contribution < 1.29 is 9.18 Å². The summed E-state index contributed by atoms with van der Waals surface area (Å²) >= 11 is 5.87. The van der Waals surface area contributed by atoms with Crippen LogP contribution in [0.1, 0.15) is 24.0 Å². The molecule has 3 rings (SSSR count). The zero-order valence-corrected chi connectivity index (χ0v) is 11.7. The Hall–Kier alpha value is -1.67. The van der Waals surface area contributed by atoms with Gasteiger partial charge in [-0.1, -0.05) is 41.9 Å². The van der Waals surface area contributed by atoms with Gasteiger partial charge in [-0.05, 0) is 42.2 Å². The molecule has 0 aliphatic heterocycles. The standard InChI is InChI=1S/C17H14ClFO/c18-14-6-7-15(19)12(10-14)11-16(20)17(8-9-17)13-4-2-1-3-5-13/h1-7,10H,8-9,11H2. The lowest BCUT2D eigenvalue weighted by atomic mass is 9.88. The van der Waals surface area contributed by atoms with Gasteiger partial charge in [-0.3, -0.25) is 4.79 Å². The summed E-state index contributed by atoms with van der Waals surface area (Å²) in [6.45, 7) is 0. The normalized spacial score (nSPS) is 15.9. The fourth-order valence-corrected chi connectivity index (χ4v) is 2.83. The third kappa shape index (κ3) is 2.36. The highest BCUT2D eigenvalue weighted by atomic mass is 35.5. The maximum Gasteiger partial charge on any atom is 0.147 e. The summed E-state index contributed by atoms with van der Waals surface area (Å²) in [5.41, 5.74) is 1.01. The first-order valence-corrected chi connectivity index (χ1v) is 7.02. The Labute approximate surface area is 122 Å². The van der Waals surface area contributed by atoms with Gasteiger partial charge < -0.3 is 0 Å². The van der Waals surface area contributed by atoms with Crippen molar-refractivity contribution in [3.8, 4) is 0 Å². The van der Waals surface area contributed by atoms with Crippen molar-refractivity contribution in [2.45, 2.75) is 24.7 Å². The summed E-state index contributed by atoms with van der Waals surface area (Å²) in [6.07, 6.45) is 1.79. The molecule has 0 aromatic heterocycles. The average molecular weight is 289 g/mol. The van der Waals surface area contributed by atoms with E-state index in [1.807, 2.05) is 30.3 Å². The average Bonchev–Trinajstić information content (AvgIpc) is 3.25. The highest BCUT2D eigenvalue weighted by Gasteiger charge is 2.50. The number of hydrogen-bond donors (Lipinski definition) is 0. The van der Waals surface area contributed by atoms with Crippen LogP contribution < -0.4 is 0 Å². The molecule has 0 saturated heterocycles. The lowest BCUT2D eigenvalue weighted by Gasteiger charge is -2.14. The Morgan fingerprint density at radius 2 is 1.85 bits per heavy atom. The van der Waals surface area contributed by atoms with Crippen molar-refractivity contribution in [1.82, 2.24) is 0 Å². The van der Waals surface area contributed by atoms with Gasteiger partial charge in [-0.25, -0.2) is 4.39 Å². The Kier molecular flexibility index (Phi) is 3.35. The molecule has 2 aromatic rings. The lowest BCUT2D eigenvalue weighted by Crippen LogP contribution is -2.22. The highest BCUT2D eigenvalue weighted by molar-refractivity contribution is 6.30. The van der Waals surface area contributed by atoms with Crippen molar-refractivity contribution in [2.75, 3.05) is 0 Å². The monoisotopic (exact) mass is 288 g/mol. The van der Waals surface area contributed by atoms with Crippen molar-refractivity contribution in [1.29, 1.82) is 0 Å². The van der Waals surface area contributed by atoms with Crippen LogP contribution in [0.15, 0.2) is 48.5 Å². The van der Waals surface area contributed by atoms with E-state index in [9.17, 15) is 9.18 Å². The molecule has 0 spiro atoms. The summed E-state index contributed by atoms with van der Waals surface area (Å²) in [6, 6.07) is 14.1. The maximum absolute atomic E-state index is 13.7. The molecule has 1 nitrogen and oxygen atoms in total. The van der Waals surface area contributed by atoms with Gasteiger partial charge >= 0.3 is 0 Å². The molecule has 2 aromatic carbocycles. The van der Waals surface area contributed by atoms with Crippen LogP contribution in [0.3, 0.4) is 0 Å². The molecule has 0 amide bonds. The van der Waals surface area contributed by atoms with Gasteiger partial charge in [0.1, 0.15) is 11.6 Å². The number of carbonyl (C=O) groups is 1. The quantitative estimate of drug-likeness (QED) is 0.819. The van der Waals surface area contributed by atoms with Gasteiger partial charge in [0.25, 0.3) is 0 Å². The molecule has 102 valence electrons. The zero-order chi connectivity index (χ0) is 14.2. The van der Waals surface area contributed by atoms with Crippen LogP contribution >= 0.6 is 11.6 Å². The van der Waals surface area contributed by atoms with Gasteiger partial charge in [0.2, 0.25) is 0 Å². The van der Waals surface area contributed by atoms with Crippen LogP contribution in [0.5, 0.6) is 0 Å². The molecule has 0 unspecified atom stereocenters. The van der Waals surface area contributed by atoms with E-state index in [1.165, 1.54) is 18.2 Å². The van der Waals surface area contributed by atoms with Crippen LogP contribution in [0.2, 0.25) is 5.02 Å². The Balaban J connectivity index is 1.85. The smallest absolute Gasteiger partial charge is 0.147 e. The molecule has 3 heteroatoms. The van der Waals surface area contributed by atoms with Gasteiger partial charge in [0.15, 0.2) is 0 Å². The Morgan fingerprint density at radius 1 is 1.15 bits per heavy atom. The molecular formula is C17H14ClFO. The fraction of sp³-hybridized carbons (Fsp3) is 0.235. The number of rotatable bonds is 4. The second kappa shape index (κ2) is 5.02. The lowest BCUT2D eigenvalue weighted by molar-refractivity contribution is -0.120. The summed E-state index contributed by atoms with van der Waals surface area (Å²) in [5.74, 6) is -0.295. The van der Waals surface area contributed by atoms with Crippen LogP contribution in [0, 0.1) is 5.82 Å². The second-order valence-corrected chi connectivity index (χ2v) is 5.72. The minimum atomic E-state index is -0.407. The number of ketones is 1. The van der Waals surface area contributed by atoms with Crippen LogP contribution in [-0.4, -0.2) is 5.78 Å². The summed E-state index contributed by atoms with van der Waals surface area (Å²) in [4.78, 5) is 12.6. The zero-order valence-electron chi connectivity index (χ0n) is 10.9. The van der Waals surface area contributed by atoms with Gasteiger partial charge in [-0.15, -0.1) is 0 Å². The fourth-order valence-electron chi connectivity index (χ4n) is 2.63. The highest BCUT2D eigenvalue weighted by Crippen LogP contribution is 2.49. The molecule has 0 atom stereocenters. The predicted molar refractivity (Wildman–Crippen MR) is 77.5 cm³/mol. The molecule has 20 heavy (non-hydrogen) atoms. The van der Waals surface area contributed by atoms with E-state index in [4.69, 9.17) is 11.6 Å². The maximum atomic E-state index is 13.7. The largest absolute Gasteiger partial charge is 0.298 e. The van der Waals surface area contributed by atoms with E-state index in [0.29, 0.717) is 10.6 Å². The SMILES string of the molecule is O=C(Cc1cc(Cl)ccc1F)C1(c2ccccc2)CC1. The number of halogens is 2. The summed E-state index contributed by atoms with van der Waals surface area (Å²) < 4.78 is 13.7. The van der Waals surface area contributed by atoms with E-state index in [0.717, 1.165) is 18.4 Å². The van der Waals surface area contributed by atoms with Crippen molar-refractivity contribution in [2.24, 2.45) is 0 Å². The minimum Gasteiger partial charge on any atom is -0.298 e. The molecule has 1 fully saturated rings. The first-order chi connectivity index (χ1) is 9.62. The summed E-state index contributed by atoms with van der Waals surface area (Å²) in [7, 11) is 0. The Bertz CT molecular complexity index is 647. The third-order valence-electron chi connectivity index (χ3n) is 3.97. The van der Waals surface area contributed by atoms with Gasteiger partial charge in [0.05, 0.1) is 5.41 Å². The number of Topliss-reactive ketones (excluding diaryl/α,β-unsaturated/α-hetero) is 1. The molecular weight excluding hydrogens is 275 g/mol. The molecule has 0 bridgehead atoms. The van der Waals surface area contributed by atoms with E-state index >= 15 is 0 Å². The minimum absolute atomic E-state index is 0.0740. The van der Waals surface area contributed by atoms with Gasteiger partial charge in [0, 0.05) is 11.4 Å². The van der Waals surface area contributed by atoms with Crippen LogP contribution in [0.25, 0.3) is 0 Å². The molecule has 1 aliphatic carbocycles. The first kappa shape index (κ1) is 13.3. The topological polar surface area (TPSA) is 17.1 Å². The van der Waals surface area contributed by atoms with Crippen molar-refractivity contribution in [3.05, 3.63) is 70.5 Å². The number of carbonyl (C=O) groups excluding carboxylic acids is 1. The van der Waals surface area contributed by atoms with Crippen molar-refractivity contribution in [3.63, 3.8) is 0 Å². The van der Waals surface area contributed by atoms with E-state index < -0.39 is 5.41 Å². The van der Waals surface area contributed by atoms with Gasteiger partial charge in [-0.2, -0.15) is 0 Å². The number of benzene rings is 2. The number of hydrogen-bond acceptors (Lipinski definition) is 1. The predicted octanol–water partition coefficient (Wildman–Crippen LogP) is 4.32. The molecule has 1 saturated carbocycles. The van der Waals surface area contributed by atoms with Crippen LogP contribution in [-0.2, 0) is 16.6 Å². The third-order valence-corrected chi connectivity index (χ3v) is 4.20. The second-order valence-electron chi connectivity index (χ2n) is 5.28. The summed E-state index contributed by atoms with van der Waals surface area (Å²) in [5, 5.41) is 0.457. The molecule has 0 heterocycles. The van der Waals surface area contributed by atoms with E-state index in [2.05, 4.69) is 0 Å². The van der Waals surface area contributed by atoms with E-state index in [1.54, 1.807) is 0 Å². The van der Waals surface area contributed by atoms with E-state index in [-0.39, 0.29) is 18.0 Å². The molecule has 0 radical (unpaired) electrons. The molecule has 1 aliphatic rings. The first-order valence-electron chi connectivity index (χ1n) is 6.65. The van der Waals surface area contributed by atoms with Crippen LogP contribution in [0.4, 0.5) is 4.39 Å².